The molecule has 0 aliphatic carbocycles. The Bertz CT molecular complexity index is 648. The first kappa shape index (κ1) is 17.3. The fraction of sp³-hybridized carbons (Fsp3) is 0.357. The molecule has 0 aliphatic rings. The summed E-state index contributed by atoms with van der Waals surface area (Å²) in [5.41, 5.74) is 0.215. The van der Waals surface area contributed by atoms with Gasteiger partial charge in [0.15, 0.2) is 5.83 Å². The highest BCUT2D eigenvalue weighted by molar-refractivity contribution is 7.88. The van der Waals surface area contributed by atoms with Crippen molar-refractivity contribution in [1.29, 1.82) is 0 Å². The first-order chi connectivity index (χ1) is 9.48. The van der Waals surface area contributed by atoms with E-state index in [4.69, 9.17) is 0 Å². The number of hydrogen-bond donors (Lipinski definition) is 2. The van der Waals surface area contributed by atoms with Gasteiger partial charge in [-0.3, -0.25) is 4.79 Å². The fourth-order valence-corrected chi connectivity index (χ4v) is 3.28. The van der Waals surface area contributed by atoms with E-state index in [2.05, 4.69) is 16.6 Å². The van der Waals surface area contributed by atoms with E-state index in [0.29, 0.717) is 11.3 Å². The maximum atomic E-state index is 12.6. The molecule has 0 bridgehead atoms. The van der Waals surface area contributed by atoms with Crippen molar-refractivity contribution in [2.75, 3.05) is 5.32 Å². The SMILES string of the molecule is C=C(F)C(=O)Nc1cccc(CS(=O)(=O)NC(C)(C)C)c1. The Morgan fingerprint density at radius 1 is 1.33 bits per heavy atom. The van der Waals surface area contributed by atoms with Crippen LogP contribution in [0.4, 0.5) is 10.1 Å². The van der Waals surface area contributed by atoms with Crippen LogP contribution in [0.1, 0.15) is 26.3 Å². The molecule has 5 nitrogen and oxygen atoms in total. The van der Waals surface area contributed by atoms with E-state index in [1.54, 1.807) is 32.9 Å². The molecular weight excluding hydrogens is 295 g/mol. The van der Waals surface area contributed by atoms with Crippen molar-refractivity contribution in [1.82, 2.24) is 4.72 Å². The lowest BCUT2D eigenvalue weighted by atomic mass is 10.1. The van der Waals surface area contributed by atoms with Gasteiger partial charge >= 0.3 is 0 Å². The first-order valence-corrected chi connectivity index (χ1v) is 7.90. The van der Waals surface area contributed by atoms with Crippen LogP contribution < -0.4 is 10.0 Å². The van der Waals surface area contributed by atoms with Gasteiger partial charge in [0.05, 0.1) is 5.75 Å². The highest BCUT2D eigenvalue weighted by atomic mass is 32.2. The summed E-state index contributed by atoms with van der Waals surface area (Å²) in [5, 5.41) is 2.29. The average Bonchev–Trinajstić information content (AvgIpc) is 2.24. The van der Waals surface area contributed by atoms with Crippen LogP contribution in [-0.2, 0) is 20.6 Å². The largest absolute Gasteiger partial charge is 0.320 e. The monoisotopic (exact) mass is 314 g/mol. The average molecular weight is 314 g/mol. The van der Waals surface area contributed by atoms with E-state index >= 15 is 0 Å². The second-order valence-corrected chi connectivity index (χ2v) is 7.39. The Hall–Kier alpha value is -1.73. The Morgan fingerprint density at radius 2 is 1.95 bits per heavy atom. The van der Waals surface area contributed by atoms with Crippen molar-refractivity contribution in [2.45, 2.75) is 32.1 Å². The lowest BCUT2D eigenvalue weighted by molar-refractivity contribution is -0.114. The van der Waals surface area contributed by atoms with Crippen molar-refractivity contribution in [2.24, 2.45) is 0 Å². The summed E-state index contributed by atoms with van der Waals surface area (Å²) in [6.07, 6.45) is 0. The summed E-state index contributed by atoms with van der Waals surface area (Å²) < 4.78 is 39.1. The minimum atomic E-state index is -3.51. The standard InChI is InChI=1S/C14H19FN2O3S/c1-10(15)13(18)16-12-7-5-6-11(8-12)9-21(19,20)17-14(2,3)4/h5-8,17H,1,9H2,2-4H3,(H,16,18). The zero-order chi connectivity index (χ0) is 16.3. The molecule has 0 unspecified atom stereocenters. The summed E-state index contributed by atoms with van der Waals surface area (Å²) in [6, 6.07) is 6.21. The lowest BCUT2D eigenvalue weighted by Crippen LogP contribution is -2.41. The minimum Gasteiger partial charge on any atom is -0.320 e. The van der Waals surface area contributed by atoms with Crippen LogP contribution >= 0.6 is 0 Å². The van der Waals surface area contributed by atoms with Crippen LogP contribution in [-0.4, -0.2) is 19.9 Å². The number of sulfonamides is 1. The third-order valence-corrected chi connectivity index (χ3v) is 3.89. The van der Waals surface area contributed by atoms with Gasteiger partial charge in [0.25, 0.3) is 5.91 Å². The molecule has 1 aromatic rings. The third kappa shape index (κ3) is 6.50. The predicted molar refractivity (Wildman–Crippen MR) is 80.8 cm³/mol. The van der Waals surface area contributed by atoms with Crippen molar-refractivity contribution >= 4 is 21.6 Å². The molecule has 0 saturated heterocycles. The van der Waals surface area contributed by atoms with Crippen molar-refractivity contribution in [3.05, 3.63) is 42.2 Å². The Balaban J connectivity index is 2.86. The molecule has 0 aliphatic heterocycles. The highest BCUT2D eigenvalue weighted by Gasteiger charge is 2.20. The van der Waals surface area contributed by atoms with Gasteiger partial charge in [0.2, 0.25) is 10.0 Å². The maximum Gasteiger partial charge on any atom is 0.283 e. The van der Waals surface area contributed by atoms with Gasteiger partial charge in [-0.25, -0.2) is 17.5 Å². The van der Waals surface area contributed by atoms with Gasteiger partial charge in [0.1, 0.15) is 0 Å². The number of carbonyl (C=O) groups excluding carboxylic acids is 1. The molecule has 2 N–H and O–H groups in total. The smallest absolute Gasteiger partial charge is 0.283 e. The number of carbonyl (C=O) groups is 1. The molecule has 0 saturated carbocycles. The zero-order valence-corrected chi connectivity index (χ0v) is 13.1. The highest BCUT2D eigenvalue weighted by Crippen LogP contribution is 2.15. The molecule has 7 heteroatoms. The number of hydrogen-bond acceptors (Lipinski definition) is 3. The molecule has 0 radical (unpaired) electrons. The second-order valence-electron chi connectivity index (χ2n) is 5.67. The fourth-order valence-electron chi connectivity index (χ4n) is 1.66. The van der Waals surface area contributed by atoms with E-state index in [1.165, 1.54) is 12.1 Å². The van der Waals surface area contributed by atoms with E-state index in [9.17, 15) is 17.6 Å². The van der Waals surface area contributed by atoms with Crippen molar-refractivity contribution < 1.29 is 17.6 Å². The molecule has 0 heterocycles. The van der Waals surface area contributed by atoms with Crippen LogP contribution in [0.5, 0.6) is 0 Å². The quantitative estimate of drug-likeness (QED) is 0.819. The van der Waals surface area contributed by atoms with Crippen LogP contribution in [0, 0.1) is 0 Å². The molecular formula is C14H19FN2O3S. The number of rotatable bonds is 5. The van der Waals surface area contributed by atoms with Gasteiger partial charge in [-0.05, 0) is 38.5 Å². The molecule has 116 valence electrons. The Kier molecular flexibility index (Phi) is 5.25. The normalized spacial score (nSPS) is 12.0. The van der Waals surface area contributed by atoms with E-state index in [-0.39, 0.29) is 5.75 Å². The van der Waals surface area contributed by atoms with Gasteiger partial charge in [-0.2, -0.15) is 0 Å². The third-order valence-electron chi connectivity index (χ3n) is 2.25. The molecule has 1 rings (SSSR count). The number of halogens is 1. The van der Waals surface area contributed by atoms with Crippen molar-refractivity contribution in [3.63, 3.8) is 0 Å². The van der Waals surface area contributed by atoms with Gasteiger partial charge in [-0.1, -0.05) is 18.7 Å². The lowest BCUT2D eigenvalue weighted by Gasteiger charge is -2.20. The summed E-state index contributed by atoms with van der Waals surface area (Å²) in [4.78, 5) is 11.2. The first-order valence-electron chi connectivity index (χ1n) is 6.25. The van der Waals surface area contributed by atoms with Crippen LogP contribution in [0.2, 0.25) is 0 Å². The molecule has 0 aromatic heterocycles. The Morgan fingerprint density at radius 3 is 2.48 bits per heavy atom. The predicted octanol–water partition coefficient (Wildman–Crippen LogP) is 2.33. The van der Waals surface area contributed by atoms with Crippen LogP contribution in [0.25, 0.3) is 0 Å². The van der Waals surface area contributed by atoms with Gasteiger partial charge in [-0.15, -0.1) is 0 Å². The minimum absolute atomic E-state index is 0.232. The molecule has 0 spiro atoms. The number of amides is 1. The molecule has 21 heavy (non-hydrogen) atoms. The molecule has 0 atom stereocenters. The zero-order valence-electron chi connectivity index (χ0n) is 12.2. The topological polar surface area (TPSA) is 75.3 Å². The maximum absolute atomic E-state index is 12.6. The van der Waals surface area contributed by atoms with E-state index < -0.39 is 27.3 Å². The number of anilines is 1. The van der Waals surface area contributed by atoms with Crippen molar-refractivity contribution in [3.8, 4) is 0 Å². The Labute approximate surface area is 124 Å². The summed E-state index contributed by atoms with van der Waals surface area (Å²) in [5.74, 6) is -2.30. The van der Waals surface area contributed by atoms with E-state index in [0.717, 1.165) is 0 Å². The summed E-state index contributed by atoms with van der Waals surface area (Å²) in [7, 11) is -3.51. The molecule has 1 amide bonds. The van der Waals surface area contributed by atoms with Crippen LogP contribution in [0.15, 0.2) is 36.7 Å². The van der Waals surface area contributed by atoms with Crippen LogP contribution in [0.3, 0.4) is 0 Å². The number of nitrogens with one attached hydrogen (secondary N) is 2. The molecule has 1 aromatic carbocycles. The second kappa shape index (κ2) is 6.36. The van der Waals surface area contributed by atoms with Gasteiger partial charge < -0.3 is 5.32 Å². The van der Waals surface area contributed by atoms with Gasteiger partial charge in [0, 0.05) is 11.2 Å². The number of benzene rings is 1. The summed E-state index contributed by atoms with van der Waals surface area (Å²) >= 11 is 0. The van der Waals surface area contributed by atoms with E-state index in [1.807, 2.05) is 0 Å². The summed E-state index contributed by atoms with van der Waals surface area (Å²) in [6.45, 7) is 8.12. The molecule has 0 fully saturated rings.